The number of nitrogens with one attached hydrogen (secondary N) is 1. The average molecular weight is 247 g/mol. The Bertz CT molecular complexity index is 391. The molecule has 0 saturated carbocycles. The van der Waals surface area contributed by atoms with Crippen LogP contribution in [0, 0.1) is 12.8 Å². The summed E-state index contributed by atoms with van der Waals surface area (Å²) in [7, 11) is 0. The van der Waals surface area contributed by atoms with Crippen LogP contribution >= 0.6 is 0 Å². The molecule has 1 aromatic rings. The highest BCUT2D eigenvalue weighted by Gasteiger charge is 2.32. The van der Waals surface area contributed by atoms with Gasteiger partial charge in [0.25, 0.3) is 0 Å². The quantitative estimate of drug-likeness (QED) is 0.890. The van der Waals surface area contributed by atoms with Gasteiger partial charge in [0, 0.05) is 24.8 Å². The van der Waals surface area contributed by atoms with Crippen molar-refractivity contribution >= 4 is 5.69 Å². The van der Waals surface area contributed by atoms with E-state index < -0.39 is 0 Å². The monoisotopic (exact) mass is 247 g/mol. The lowest BCUT2D eigenvalue weighted by Crippen LogP contribution is -2.53. The molecule has 18 heavy (non-hydrogen) atoms. The van der Waals surface area contributed by atoms with Gasteiger partial charge in [0.05, 0.1) is 11.4 Å². The summed E-state index contributed by atoms with van der Waals surface area (Å²) in [6.07, 6.45) is 3.09. The maximum Gasteiger partial charge on any atom is 0.0605 e. The van der Waals surface area contributed by atoms with Crippen molar-refractivity contribution in [3.05, 3.63) is 24.0 Å². The van der Waals surface area contributed by atoms with Gasteiger partial charge in [0.2, 0.25) is 0 Å². The Morgan fingerprint density at radius 2 is 2.22 bits per heavy atom. The topological polar surface area (TPSA) is 28.2 Å². The van der Waals surface area contributed by atoms with Crippen molar-refractivity contribution in [3.8, 4) is 0 Å². The molecule has 2 rings (SSSR count). The summed E-state index contributed by atoms with van der Waals surface area (Å²) >= 11 is 0. The molecule has 1 N–H and O–H groups in total. The van der Waals surface area contributed by atoms with Crippen molar-refractivity contribution in [1.82, 2.24) is 10.3 Å². The molecule has 1 saturated heterocycles. The zero-order valence-corrected chi connectivity index (χ0v) is 12.0. The van der Waals surface area contributed by atoms with Crippen LogP contribution in [0.5, 0.6) is 0 Å². The summed E-state index contributed by atoms with van der Waals surface area (Å²) < 4.78 is 0. The van der Waals surface area contributed by atoms with Crippen LogP contribution in [-0.4, -0.2) is 30.2 Å². The van der Waals surface area contributed by atoms with Crippen LogP contribution in [0.15, 0.2) is 18.3 Å². The Balaban J connectivity index is 2.15. The van der Waals surface area contributed by atoms with Gasteiger partial charge in [-0.05, 0) is 44.9 Å². The second kappa shape index (κ2) is 5.70. The summed E-state index contributed by atoms with van der Waals surface area (Å²) in [5.74, 6) is 0.665. The number of rotatable bonds is 3. The number of nitrogens with zero attached hydrogens (tertiary/aromatic N) is 2. The molecule has 1 aromatic heterocycles. The Labute approximate surface area is 111 Å². The number of anilines is 1. The minimum absolute atomic E-state index is 0.561. The summed E-state index contributed by atoms with van der Waals surface area (Å²) in [6.45, 7) is 11.2. The van der Waals surface area contributed by atoms with Gasteiger partial charge in [-0.2, -0.15) is 0 Å². The van der Waals surface area contributed by atoms with Crippen LogP contribution in [0.4, 0.5) is 5.69 Å². The predicted molar refractivity (Wildman–Crippen MR) is 77.0 cm³/mol. The number of aromatic nitrogens is 1. The van der Waals surface area contributed by atoms with Gasteiger partial charge < -0.3 is 10.2 Å². The van der Waals surface area contributed by atoms with Gasteiger partial charge in [-0.15, -0.1) is 0 Å². The third-order valence-electron chi connectivity index (χ3n) is 4.32. The SMILES string of the molecule is CCNC1CCN(c2cccnc2C)C(C)C1C. The smallest absolute Gasteiger partial charge is 0.0605 e. The molecule has 3 heteroatoms. The largest absolute Gasteiger partial charge is 0.367 e. The lowest BCUT2D eigenvalue weighted by atomic mass is 9.86. The Kier molecular flexibility index (Phi) is 4.23. The highest BCUT2D eigenvalue weighted by atomic mass is 15.2. The van der Waals surface area contributed by atoms with Gasteiger partial charge in [0.15, 0.2) is 0 Å². The van der Waals surface area contributed by atoms with Crippen LogP contribution in [0.1, 0.15) is 32.9 Å². The van der Waals surface area contributed by atoms with E-state index in [1.165, 1.54) is 12.1 Å². The number of hydrogen-bond donors (Lipinski definition) is 1. The first-order valence-corrected chi connectivity index (χ1v) is 7.06. The van der Waals surface area contributed by atoms with Crippen molar-refractivity contribution in [1.29, 1.82) is 0 Å². The van der Waals surface area contributed by atoms with E-state index in [9.17, 15) is 0 Å². The fourth-order valence-corrected chi connectivity index (χ4v) is 3.03. The minimum Gasteiger partial charge on any atom is -0.367 e. The van der Waals surface area contributed by atoms with Gasteiger partial charge in [0.1, 0.15) is 0 Å². The molecule has 0 spiro atoms. The van der Waals surface area contributed by atoms with Gasteiger partial charge in [-0.3, -0.25) is 4.98 Å². The van der Waals surface area contributed by atoms with Crippen LogP contribution in [0.25, 0.3) is 0 Å². The van der Waals surface area contributed by atoms with Crippen molar-refractivity contribution in [3.63, 3.8) is 0 Å². The third-order valence-corrected chi connectivity index (χ3v) is 4.32. The van der Waals surface area contributed by atoms with Crippen LogP contribution in [0.2, 0.25) is 0 Å². The average Bonchev–Trinajstić information content (AvgIpc) is 2.37. The molecule has 0 bridgehead atoms. The molecule has 1 aliphatic rings. The number of aryl methyl sites for hydroxylation is 1. The van der Waals surface area contributed by atoms with Crippen LogP contribution in [-0.2, 0) is 0 Å². The van der Waals surface area contributed by atoms with E-state index in [0.29, 0.717) is 18.0 Å². The second-order valence-electron chi connectivity index (χ2n) is 5.35. The van der Waals surface area contributed by atoms with Crippen molar-refractivity contribution in [2.45, 2.75) is 46.2 Å². The first-order valence-electron chi connectivity index (χ1n) is 7.06. The van der Waals surface area contributed by atoms with E-state index in [4.69, 9.17) is 0 Å². The van der Waals surface area contributed by atoms with E-state index >= 15 is 0 Å². The van der Waals surface area contributed by atoms with E-state index in [1.807, 2.05) is 12.3 Å². The molecular formula is C15H25N3. The molecular weight excluding hydrogens is 222 g/mol. The van der Waals surface area contributed by atoms with Crippen LogP contribution < -0.4 is 10.2 Å². The Morgan fingerprint density at radius 1 is 1.44 bits per heavy atom. The van der Waals surface area contributed by atoms with E-state index in [0.717, 1.165) is 18.8 Å². The summed E-state index contributed by atoms with van der Waals surface area (Å²) in [5, 5.41) is 3.61. The molecule has 0 aromatic carbocycles. The highest BCUT2D eigenvalue weighted by Crippen LogP contribution is 2.29. The molecule has 1 fully saturated rings. The maximum absolute atomic E-state index is 4.41. The van der Waals surface area contributed by atoms with Crippen molar-refractivity contribution in [2.75, 3.05) is 18.0 Å². The molecule has 0 radical (unpaired) electrons. The fraction of sp³-hybridized carbons (Fsp3) is 0.667. The van der Waals surface area contributed by atoms with Crippen molar-refractivity contribution in [2.24, 2.45) is 5.92 Å². The predicted octanol–water partition coefficient (Wildman–Crippen LogP) is 2.60. The maximum atomic E-state index is 4.41. The third kappa shape index (κ3) is 2.51. The first kappa shape index (κ1) is 13.3. The Morgan fingerprint density at radius 3 is 2.89 bits per heavy atom. The summed E-state index contributed by atoms with van der Waals surface area (Å²) in [5.41, 5.74) is 2.44. The summed E-state index contributed by atoms with van der Waals surface area (Å²) in [4.78, 5) is 6.93. The number of hydrogen-bond acceptors (Lipinski definition) is 3. The first-order chi connectivity index (χ1) is 8.65. The molecule has 3 nitrogen and oxygen atoms in total. The van der Waals surface area contributed by atoms with E-state index in [-0.39, 0.29) is 0 Å². The standard InChI is InChI=1S/C15H25N3/c1-5-16-14-8-10-18(13(4)11(14)2)15-7-6-9-17-12(15)3/h6-7,9,11,13-14,16H,5,8,10H2,1-4H3. The Hall–Kier alpha value is -1.09. The number of pyridine rings is 1. The lowest BCUT2D eigenvalue weighted by Gasteiger charge is -2.44. The van der Waals surface area contributed by atoms with Gasteiger partial charge in [-0.25, -0.2) is 0 Å². The second-order valence-corrected chi connectivity index (χ2v) is 5.35. The lowest BCUT2D eigenvalue weighted by molar-refractivity contribution is 0.274. The molecule has 0 amide bonds. The molecule has 3 unspecified atom stereocenters. The summed E-state index contributed by atoms with van der Waals surface area (Å²) in [6, 6.07) is 5.44. The molecule has 0 aliphatic carbocycles. The molecule has 1 aliphatic heterocycles. The highest BCUT2D eigenvalue weighted by molar-refractivity contribution is 5.51. The normalized spacial score (nSPS) is 28.4. The zero-order valence-electron chi connectivity index (χ0n) is 12.0. The molecule has 2 heterocycles. The molecule has 100 valence electrons. The number of piperidine rings is 1. The molecule has 3 atom stereocenters. The van der Waals surface area contributed by atoms with Gasteiger partial charge in [-0.1, -0.05) is 13.8 Å². The van der Waals surface area contributed by atoms with Crippen molar-refractivity contribution < 1.29 is 0 Å². The minimum atomic E-state index is 0.561. The van der Waals surface area contributed by atoms with Gasteiger partial charge >= 0.3 is 0 Å². The van der Waals surface area contributed by atoms with E-state index in [2.05, 4.69) is 49.0 Å². The zero-order chi connectivity index (χ0) is 13.1. The fourth-order valence-electron chi connectivity index (χ4n) is 3.03. The van der Waals surface area contributed by atoms with E-state index in [1.54, 1.807) is 0 Å². The van der Waals surface area contributed by atoms with Crippen LogP contribution in [0.3, 0.4) is 0 Å².